The first-order chi connectivity index (χ1) is 16.5. The van der Waals surface area contributed by atoms with Crippen molar-refractivity contribution in [1.29, 1.82) is 0 Å². The fourth-order valence-corrected chi connectivity index (χ4v) is 3.63. The highest BCUT2D eigenvalue weighted by Gasteiger charge is 2.14. The number of hydrogen-bond acceptors (Lipinski definition) is 4. The van der Waals surface area contributed by atoms with E-state index in [1.54, 1.807) is 47.4 Å². The summed E-state index contributed by atoms with van der Waals surface area (Å²) in [7, 11) is 0. The van der Waals surface area contributed by atoms with Gasteiger partial charge in [0.25, 0.3) is 11.8 Å². The Labute approximate surface area is 205 Å². The van der Waals surface area contributed by atoms with Crippen LogP contribution in [0.2, 0.25) is 0 Å². The van der Waals surface area contributed by atoms with Gasteiger partial charge in [-0.3, -0.25) is 14.9 Å². The van der Waals surface area contributed by atoms with Crippen LogP contribution in [0.1, 0.15) is 40.1 Å². The van der Waals surface area contributed by atoms with Gasteiger partial charge in [0, 0.05) is 36.3 Å². The van der Waals surface area contributed by atoms with E-state index in [4.69, 9.17) is 17.0 Å². The largest absolute Gasteiger partial charge is 0.493 e. The number of carbonyl (C=O) groups is 2. The Balaban J connectivity index is 1.55. The molecule has 0 aliphatic carbocycles. The maximum atomic E-state index is 12.7. The molecule has 0 aliphatic rings. The van der Waals surface area contributed by atoms with Gasteiger partial charge < -0.3 is 15.0 Å². The quantitative estimate of drug-likeness (QED) is 0.430. The summed E-state index contributed by atoms with van der Waals surface area (Å²) in [5, 5.41) is 5.80. The Kier molecular flexibility index (Phi) is 9.17. The fraction of sp³-hybridized carbons (Fsp3) is 0.222. The molecule has 0 heterocycles. The zero-order chi connectivity index (χ0) is 24.3. The van der Waals surface area contributed by atoms with Crippen LogP contribution in [0.3, 0.4) is 0 Å². The van der Waals surface area contributed by atoms with E-state index in [1.807, 2.05) is 38.1 Å². The molecule has 0 fully saturated rings. The van der Waals surface area contributed by atoms with Gasteiger partial charge in [0.05, 0.1) is 6.61 Å². The van der Waals surface area contributed by atoms with Crippen molar-refractivity contribution < 1.29 is 14.3 Å². The summed E-state index contributed by atoms with van der Waals surface area (Å²) < 4.78 is 5.81. The van der Waals surface area contributed by atoms with E-state index >= 15 is 0 Å². The number of hydrogen-bond donors (Lipinski definition) is 2. The average Bonchev–Trinajstić information content (AvgIpc) is 2.85. The number of nitrogens with zero attached hydrogens (tertiary/aromatic N) is 1. The Morgan fingerprint density at radius 3 is 2.32 bits per heavy atom. The first-order valence-electron chi connectivity index (χ1n) is 11.3. The highest BCUT2D eigenvalue weighted by atomic mass is 32.1. The molecule has 0 saturated carbocycles. The molecule has 0 spiro atoms. The van der Waals surface area contributed by atoms with Crippen LogP contribution in [-0.2, 0) is 6.42 Å². The molecule has 176 valence electrons. The third-order valence-corrected chi connectivity index (χ3v) is 5.45. The molecular weight excluding hydrogens is 446 g/mol. The third-order valence-electron chi connectivity index (χ3n) is 5.24. The molecule has 0 aromatic heterocycles. The topological polar surface area (TPSA) is 70.7 Å². The summed E-state index contributed by atoms with van der Waals surface area (Å²) in [6.07, 6.45) is 0.779. The third kappa shape index (κ3) is 7.15. The van der Waals surface area contributed by atoms with Crippen LogP contribution in [0.5, 0.6) is 5.75 Å². The van der Waals surface area contributed by atoms with Crippen molar-refractivity contribution in [2.24, 2.45) is 0 Å². The highest BCUT2D eigenvalue weighted by molar-refractivity contribution is 7.80. The van der Waals surface area contributed by atoms with Gasteiger partial charge in [-0.25, -0.2) is 0 Å². The normalized spacial score (nSPS) is 10.3. The van der Waals surface area contributed by atoms with Crippen LogP contribution in [0.4, 0.5) is 5.69 Å². The maximum Gasteiger partial charge on any atom is 0.257 e. The second-order valence-electron chi connectivity index (χ2n) is 7.58. The van der Waals surface area contributed by atoms with E-state index in [0.717, 1.165) is 6.42 Å². The molecule has 3 aromatic carbocycles. The van der Waals surface area contributed by atoms with Crippen LogP contribution >= 0.6 is 12.2 Å². The molecule has 34 heavy (non-hydrogen) atoms. The van der Waals surface area contributed by atoms with Crippen molar-refractivity contribution in [3.63, 3.8) is 0 Å². The van der Waals surface area contributed by atoms with E-state index in [9.17, 15) is 9.59 Å². The van der Waals surface area contributed by atoms with Crippen LogP contribution in [-0.4, -0.2) is 41.5 Å². The minimum absolute atomic E-state index is 0.0484. The van der Waals surface area contributed by atoms with Gasteiger partial charge in [0.2, 0.25) is 0 Å². The summed E-state index contributed by atoms with van der Waals surface area (Å²) in [5.74, 6) is 0.221. The molecule has 0 bridgehead atoms. The van der Waals surface area contributed by atoms with E-state index in [-0.39, 0.29) is 16.9 Å². The number of carbonyl (C=O) groups excluding carboxylic acids is 2. The molecule has 0 saturated heterocycles. The molecule has 2 N–H and O–H groups in total. The molecular formula is C27H29N3O3S. The zero-order valence-corrected chi connectivity index (χ0v) is 20.2. The molecule has 0 atom stereocenters. The van der Waals surface area contributed by atoms with Gasteiger partial charge in [0.1, 0.15) is 5.75 Å². The second kappa shape index (κ2) is 12.5. The Bertz CT molecular complexity index is 1130. The first-order valence-corrected chi connectivity index (χ1v) is 11.7. The van der Waals surface area contributed by atoms with Crippen molar-refractivity contribution >= 4 is 34.8 Å². The number of nitrogens with one attached hydrogen (secondary N) is 2. The zero-order valence-electron chi connectivity index (χ0n) is 19.4. The molecule has 0 aliphatic heterocycles. The summed E-state index contributed by atoms with van der Waals surface area (Å²) in [6.45, 7) is 5.67. The number of ether oxygens (including phenoxy) is 1. The Morgan fingerprint density at radius 2 is 1.59 bits per heavy atom. The van der Waals surface area contributed by atoms with E-state index < -0.39 is 0 Å². The number of benzene rings is 3. The average molecular weight is 476 g/mol. The van der Waals surface area contributed by atoms with Gasteiger partial charge in [-0.2, -0.15) is 0 Å². The van der Waals surface area contributed by atoms with Crippen molar-refractivity contribution in [2.75, 3.05) is 25.0 Å². The highest BCUT2D eigenvalue weighted by Crippen LogP contribution is 2.15. The Morgan fingerprint density at radius 1 is 0.882 bits per heavy atom. The van der Waals surface area contributed by atoms with Gasteiger partial charge in [-0.1, -0.05) is 42.5 Å². The van der Waals surface area contributed by atoms with Crippen molar-refractivity contribution in [1.82, 2.24) is 10.2 Å². The smallest absolute Gasteiger partial charge is 0.257 e. The summed E-state index contributed by atoms with van der Waals surface area (Å²) in [5.41, 5.74) is 2.81. The van der Waals surface area contributed by atoms with E-state index in [0.29, 0.717) is 42.3 Å². The standard InChI is InChI=1S/C27H29N3O3S/c1-3-30(4-2)26(32)22-13-8-14-23(18-22)28-27(34)29-25(31)21-12-9-15-24(19-21)33-17-16-20-10-6-5-7-11-20/h5-15,18-19H,3-4,16-17H2,1-2H3,(H2,28,29,31,34). The maximum absolute atomic E-state index is 12.7. The predicted molar refractivity (Wildman–Crippen MR) is 139 cm³/mol. The first kappa shape index (κ1) is 24.9. The van der Waals surface area contributed by atoms with Crippen LogP contribution in [0.25, 0.3) is 0 Å². The fourth-order valence-electron chi connectivity index (χ4n) is 3.42. The van der Waals surface area contributed by atoms with Crippen LogP contribution < -0.4 is 15.4 Å². The summed E-state index contributed by atoms with van der Waals surface area (Å²) in [4.78, 5) is 27.0. The second-order valence-corrected chi connectivity index (χ2v) is 7.99. The number of thiocarbonyl (C=S) groups is 1. The predicted octanol–water partition coefficient (Wildman–Crippen LogP) is 4.92. The van der Waals surface area contributed by atoms with Gasteiger partial charge in [-0.05, 0) is 68.0 Å². The van der Waals surface area contributed by atoms with Crippen LogP contribution in [0, 0.1) is 0 Å². The molecule has 3 rings (SSSR count). The molecule has 2 amide bonds. The lowest BCUT2D eigenvalue weighted by atomic mass is 10.1. The van der Waals surface area contributed by atoms with E-state index in [1.165, 1.54) is 5.56 Å². The number of amides is 2. The minimum atomic E-state index is -0.346. The van der Waals surface area contributed by atoms with Gasteiger partial charge in [0.15, 0.2) is 5.11 Å². The molecule has 3 aromatic rings. The number of rotatable bonds is 9. The molecule has 0 radical (unpaired) electrons. The van der Waals surface area contributed by atoms with Crippen molar-refractivity contribution in [3.8, 4) is 5.75 Å². The van der Waals surface area contributed by atoms with Crippen molar-refractivity contribution in [2.45, 2.75) is 20.3 Å². The minimum Gasteiger partial charge on any atom is -0.493 e. The summed E-state index contributed by atoms with van der Waals surface area (Å²) >= 11 is 5.31. The van der Waals surface area contributed by atoms with Crippen LogP contribution in [0.15, 0.2) is 78.9 Å². The van der Waals surface area contributed by atoms with E-state index in [2.05, 4.69) is 22.8 Å². The number of anilines is 1. The molecule has 0 unspecified atom stereocenters. The van der Waals surface area contributed by atoms with Gasteiger partial charge in [-0.15, -0.1) is 0 Å². The lowest BCUT2D eigenvalue weighted by Crippen LogP contribution is -2.34. The lowest BCUT2D eigenvalue weighted by molar-refractivity contribution is 0.0772. The monoisotopic (exact) mass is 475 g/mol. The Hall–Kier alpha value is -3.71. The lowest BCUT2D eigenvalue weighted by Gasteiger charge is -2.19. The SMILES string of the molecule is CCN(CC)C(=O)c1cccc(NC(=S)NC(=O)c2cccc(OCCc3ccccc3)c2)c1. The molecule has 6 nitrogen and oxygen atoms in total. The molecule has 7 heteroatoms. The van der Waals surface area contributed by atoms with Crippen molar-refractivity contribution in [3.05, 3.63) is 95.6 Å². The summed E-state index contributed by atoms with van der Waals surface area (Å²) in [6, 6.07) is 24.1. The van der Waals surface area contributed by atoms with Gasteiger partial charge >= 0.3 is 0 Å².